The molecule has 0 bridgehead atoms. The lowest BCUT2D eigenvalue weighted by Gasteiger charge is -1.96. The molecule has 1 aromatic carbocycles. The van der Waals surface area contributed by atoms with Crippen molar-refractivity contribution in [3.8, 4) is 0 Å². The fourth-order valence-corrected chi connectivity index (χ4v) is 2.34. The molecule has 2 nitrogen and oxygen atoms in total. The van der Waals surface area contributed by atoms with Gasteiger partial charge in [-0.05, 0) is 22.8 Å². The van der Waals surface area contributed by atoms with Crippen molar-refractivity contribution in [2.75, 3.05) is 0 Å². The molecule has 6 heteroatoms. The predicted octanol–water partition coefficient (Wildman–Crippen LogP) is 3.22. The third-order valence-corrected chi connectivity index (χ3v) is 3.43. The summed E-state index contributed by atoms with van der Waals surface area (Å²) >= 11 is 5.70. The van der Waals surface area contributed by atoms with Crippen molar-refractivity contribution in [1.29, 1.82) is 0 Å². The molecule has 2 rings (SSSR count). The van der Waals surface area contributed by atoms with E-state index in [4.69, 9.17) is 22.3 Å². The molecular weight excluding hydrogens is 248 g/mol. The summed E-state index contributed by atoms with van der Waals surface area (Å²) in [4.78, 5) is 3.14. The van der Waals surface area contributed by atoms with E-state index in [1.807, 2.05) is 0 Å². The van der Waals surface area contributed by atoms with E-state index in [0.29, 0.717) is 15.8 Å². The van der Waals surface area contributed by atoms with Crippen LogP contribution in [-0.4, -0.2) is 9.19 Å². The average molecular weight is 252 g/mol. The number of hydrogen-bond donors (Lipinski definition) is 1. The molecule has 1 N–H and O–H groups in total. The van der Waals surface area contributed by atoms with E-state index in [1.165, 1.54) is 18.3 Å². The zero-order valence-corrected chi connectivity index (χ0v) is 9.01. The summed E-state index contributed by atoms with van der Waals surface area (Å²) in [7, 11) is 3.80. The molecule has 1 unspecified atom stereocenters. The van der Waals surface area contributed by atoms with Gasteiger partial charge in [0, 0.05) is 11.6 Å². The van der Waals surface area contributed by atoms with Gasteiger partial charge in [-0.1, -0.05) is 11.6 Å². The highest BCUT2D eigenvalue weighted by Gasteiger charge is 2.12. The lowest BCUT2D eigenvalue weighted by Crippen LogP contribution is -1.80. The van der Waals surface area contributed by atoms with Crippen LogP contribution < -0.4 is 0 Å². The van der Waals surface area contributed by atoms with Crippen molar-refractivity contribution in [2.24, 2.45) is 0 Å². The number of rotatable bonds is 1. The molecule has 14 heavy (non-hydrogen) atoms. The third kappa shape index (κ3) is 1.43. The van der Waals surface area contributed by atoms with Gasteiger partial charge >= 0.3 is 0 Å². The summed E-state index contributed by atoms with van der Waals surface area (Å²) in [5, 5.41) is 0.556. The van der Waals surface area contributed by atoms with Gasteiger partial charge in [-0.2, -0.15) is 0 Å². The number of hydrogen-bond acceptors (Lipinski definition) is 1. The molecule has 0 spiro atoms. The van der Waals surface area contributed by atoms with Gasteiger partial charge < -0.3 is 4.98 Å². The number of H-pyrrole nitrogens is 1. The Labute approximate surface area is 91.0 Å². The van der Waals surface area contributed by atoms with Crippen molar-refractivity contribution in [1.82, 2.24) is 4.98 Å². The number of aromatic nitrogens is 1. The quantitative estimate of drug-likeness (QED) is 0.776. The van der Waals surface area contributed by atoms with Crippen LogP contribution in [0.5, 0.6) is 0 Å². The molecule has 0 aliphatic rings. The van der Waals surface area contributed by atoms with E-state index in [0.717, 1.165) is 0 Å². The van der Waals surface area contributed by atoms with Gasteiger partial charge in [0.25, 0.3) is 0 Å². The van der Waals surface area contributed by atoms with Crippen LogP contribution in [0.3, 0.4) is 0 Å². The standard InChI is InChI=1S/C8H4Cl2FNOS/c9-7-5(11)2-1-4-6(14(10)13)3-12-8(4)7/h1-3,12H. The topological polar surface area (TPSA) is 32.9 Å². The first-order valence-electron chi connectivity index (χ1n) is 3.64. The van der Waals surface area contributed by atoms with Crippen LogP contribution in [-0.2, 0) is 10.0 Å². The summed E-state index contributed by atoms with van der Waals surface area (Å²) in [6.07, 6.45) is 1.46. The Morgan fingerprint density at radius 1 is 1.43 bits per heavy atom. The van der Waals surface area contributed by atoms with Gasteiger partial charge in [0.15, 0.2) is 0 Å². The molecule has 74 valence electrons. The normalized spacial score (nSPS) is 13.4. The summed E-state index contributed by atoms with van der Waals surface area (Å²) in [6, 6.07) is 2.70. The second-order valence-electron chi connectivity index (χ2n) is 2.66. The molecule has 0 amide bonds. The van der Waals surface area contributed by atoms with E-state index in [2.05, 4.69) is 4.98 Å². The average Bonchev–Trinajstić information content (AvgIpc) is 2.55. The molecule has 1 atom stereocenters. The second-order valence-corrected chi connectivity index (χ2v) is 4.77. The highest BCUT2D eigenvalue weighted by Crippen LogP contribution is 2.30. The third-order valence-electron chi connectivity index (χ3n) is 1.88. The predicted molar refractivity (Wildman–Crippen MR) is 55.5 cm³/mol. The van der Waals surface area contributed by atoms with Gasteiger partial charge in [0.2, 0.25) is 0 Å². The number of benzene rings is 1. The Balaban J connectivity index is 2.83. The summed E-state index contributed by atoms with van der Waals surface area (Å²) in [5.41, 5.74) is 0.413. The Morgan fingerprint density at radius 2 is 2.14 bits per heavy atom. The van der Waals surface area contributed by atoms with Crippen LogP contribution in [0.25, 0.3) is 10.9 Å². The highest BCUT2D eigenvalue weighted by atomic mass is 35.7. The van der Waals surface area contributed by atoms with Crippen molar-refractivity contribution in [3.63, 3.8) is 0 Å². The highest BCUT2D eigenvalue weighted by molar-refractivity contribution is 8.08. The molecule has 0 aliphatic heterocycles. The Morgan fingerprint density at radius 3 is 2.79 bits per heavy atom. The zero-order chi connectivity index (χ0) is 10.3. The van der Waals surface area contributed by atoms with Crippen molar-refractivity contribution in [2.45, 2.75) is 4.90 Å². The molecule has 1 heterocycles. The van der Waals surface area contributed by atoms with E-state index >= 15 is 0 Å². The first-order valence-corrected chi connectivity index (χ1v) is 6.00. The largest absolute Gasteiger partial charge is 0.359 e. The molecule has 1 aromatic heterocycles. The molecule has 0 aliphatic carbocycles. The molecule has 2 aromatic rings. The molecule has 0 fully saturated rings. The summed E-state index contributed by atoms with van der Waals surface area (Å²) < 4.78 is 24.0. The van der Waals surface area contributed by atoms with Gasteiger partial charge in [0.05, 0.1) is 10.4 Å². The molecule has 0 saturated carbocycles. The fraction of sp³-hybridized carbons (Fsp3) is 0. The second kappa shape index (κ2) is 3.53. The van der Waals surface area contributed by atoms with Crippen molar-refractivity contribution >= 4 is 43.2 Å². The number of nitrogens with one attached hydrogen (secondary N) is 1. The smallest absolute Gasteiger partial charge is 0.149 e. The summed E-state index contributed by atoms with van der Waals surface area (Å²) in [5.74, 6) is -0.520. The lowest BCUT2D eigenvalue weighted by atomic mass is 10.2. The minimum absolute atomic E-state index is 0.0177. The summed E-state index contributed by atoms with van der Waals surface area (Å²) in [6.45, 7) is 0. The molecule has 0 saturated heterocycles. The van der Waals surface area contributed by atoms with E-state index in [-0.39, 0.29) is 5.02 Å². The van der Waals surface area contributed by atoms with Crippen molar-refractivity contribution in [3.05, 3.63) is 29.2 Å². The Kier molecular flexibility index (Phi) is 2.51. The van der Waals surface area contributed by atoms with Crippen LogP contribution >= 0.6 is 22.3 Å². The van der Waals surface area contributed by atoms with Crippen LogP contribution in [0.2, 0.25) is 5.02 Å². The van der Waals surface area contributed by atoms with E-state index in [1.54, 1.807) is 0 Å². The van der Waals surface area contributed by atoms with Crippen LogP contribution in [0, 0.1) is 5.82 Å². The minimum atomic E-state index is -1.63. The van der Waals surface area contributed by atoms with Gasteiger partial charge in [0.1, 0.15) is 20.9 Å². The van der Waals surface area contributed by atoms with E-state index in [9.17, 15) is 8.60 Å². The zero-order valence-electron chi connectivity index (χ0n) is 6.68. The maximum atomic E-state index is 13.0. The van der Waals surface area contributed by atoms with Gasteiger partial charge in [-0.3, -0.25) is 0 Å². The fourth-order valence-electron chi connectivity index (χ4n) is 1.25. The Hall–Kier alpha value is -0.580. The number of halogens is 3. The maximum Gasteiger partial charge on any atom is 0.149 e. The van der Waals surface area contributed by atoms with E-state index < -0.39 is 15.8 Å². The van der Waals surface area contributed by atoms with Gasteiger partial charge in [-0.25, -0.2) is 8.60 Å². The SMILES string of the molecule is O=S(Cl)c1c[nH]c2c(Cl)c(F)ccc12. The van der Waals surface area contributed by atoms with Gasteiger partial charge in [-0.15, -0.1) is 0 Å². The first kappa shape index (κ1) is 9.96. The molecule has 0 radical (unpaired) electrons. The monoisotopic (exact) mass is 251 g/mol. The first-order chi connectivity index (χ1) is 6.61. The maximum absolute atomic E-state index is 13.0. The number of fused-ring (bicyclic) bond motifs is 1. The van der Waals surface area contributed by atoms with Crippen LogP contribution in [0.15, 0.2) is 23.2 Å². The van der Waals surface area contributed by atoms with Crippen molar-refractivity contribution < 1.29 is 8.60 Å². The Bertz CT molecular complexity index is 525. The number of aromatic amines is 1. The lowest BCUT2D eigenvalue weighted by molar-refractivity contribution is 0.630. The minimum Gasteiger partial charge on any atom is -0.359 e. The van der Waals surface area contributed by atoms with Crippen LogP contribution in [0.1, 0.15) is 0 Å². The van der Waals surface area contributed by atoms with Crippen LogP contribution in [0.4, 0.5) is 4.39 Å². The molecular formula is C8H4Cl2FNOS.